The minimum absolute atomic E-state index is 0.00477. The number of rotatable bonds is 4. The van der Waals surface area contributed by atoms with Crippen LogP contribution in [0.25, 0.3) is 0 Å². The Morgan fingerprint density at radius 1 is 1.59 bits per heavy atom. The van der Waals surface area contributed by atoms with Crippen molar-refractivity contribution in [3.63, 3.8) is 0 Å². The summed E-state index contributed by atoms with van der Waals surface area (Å²) in [6.45, 7) is 3.60. The van der Waals surface area contributed by atoms with Crippen molar-refractivity contribution in [1.82, 2.24) is 4.98 Å². The van der Waals surface area contributed by atoms with Gasteiger partial charge in [0.25, 0.3) is 6.43 Å². The highest BCUT2D eigenvalue weighted by Gasteiger charge is 2.18. The van der Waals surface area contributed by atoms with Crippen molar-refractivity contribution in [3.8, 4) is 0 Å². The zero-order valence-electron chi connectivity index (χ0n) is 9.47. The average molecular weight is 355 g/mol. The Balaban J connectivity index is 3.03. The lowest BCUT2D eigenvalue weighted by Crippen LogP contribution is -2.11. The third-order valence-corrected chi connectivity index (χ3v) is 3.28. The highest BCUT2D eigenvalue weighted by molar-refractivity contribution is 14.1. The van der Waals surface area contributed by atoms with Crippen molar-refractivity contribution in [1.29, 1.82) is 0 Å². The number of pyridine rings is 1. The van der Waals surface area contributed by atoms with Crippen LogP contribution in [0.5, 0.6) is 0 Å². The van der Waals surface area contributed by atoms with Gasteiger partial charge in [-0.3, -0.25) is 9.78 Å². The first-order valence-electron chi connectivity index (χ1n) is 5.05. The van der Waals surface area contributed by atoms with Gasteiger partial charge in [0.1, 0.15) is 5.69 Å². The summed E-state index contributed by atoms with van der Waals surface area (Å²) in [7, 11) is 0. The number of hydrogen-bond acceptors (Lipinski definition) is 3. The highest BCUT2D eigenvalue weighted by Crippen LogP contribution is 2.26. The molecule has 0 aromatic carbocycles. The number of alkyl halides is 2. The van der Waals surface area contributed by atoms with E-state index in [-0.39, 0.29) is 18.7 Å². The van der Waals surface area contributed by atoms with Crippen LogP contribution in [0.3, 0.4) is 0 Å². The summed E-state index contributed by atoms with van der Waals surface area (Å²) < 4.78 is 30.5. The second kappa shape index (κ2) is 6.23. The Morgan fingerprint density at radius 2 is 2.24 bits per heavy atom. The van der Waals surface area contributed by atoms with E-state index in [1.807, 2.05) is 0 Å². The Morgan fingerprint density at radius 3 is 2.76 bits per heavy atom. The van der Waals surface area contributed by atoms with E-state index < -0.39 is 12.4 Å². The van der Waals surface area contributed by atoms with Crippen LogP contribution >= 0.6 is 22.6 Å². The lowest BCUT2D eigenvalue weighted by molar-refractivity contribution is -0.142. The van der Waals surface area contributed by atoms with Crippen LogP contribution in [0.4, 0.5) is 8.78 Å². The number of hydrogen-bond donors (Lipinski definition) is 0. The first kappa shape index (κ1) is 14.3. The van der Waals surface area contributed by atoms with E-state index in [4.69, 9.17) is 4.74 Å². The molecule has 0 aliphatic heterocycles. The topological polar surface area (TPSA) is 39.2 Å². The lowest BCUT2D eigenvalue weighted by atomic mass is 10.1. The standard InChI is InChI=1S/C11H12F2INO2/c1-3-17-8(16)5-7-4-6(2)15-10(9(7)14)11(12)13/h4,11H,3,5H2,1-2H3. The summed E-state index contributed by atoms with van der Waals surface area (Å²) >= 11 is 1.78. The van der Waals surface area contributed by atoms with Gasteiger partial charge in [-0.1, -0.05) is 0 Å². The van der Waals surface area contributed by atoms with Crippen LogP contribution in [0.15, 0.2) is 6.07 Å². The summed E-state index contributed by atoms with van der Waals surface area (Å²) in [5.41, 5.74) is 0.733. The van der Waals surface area contributed by atoms with E-state index in [2.05, 4.69) is 4.98 Å². The number of aromatic nitrogens is 1. The van der Waals surface area contributed by atoms with Crippen LogP contribution in [-0.2, 0) is 16.0 Å². The van der Waals surface area contributed by atoms with Gasteiger partial charge in [0.2, 0.25) is 0 Å². The third kappa shape index (κ3) is 3.86. The minimum atomic E-state index is -2.64. The maximum atomic E-state index is 12.7. The van der Waals surface area contributed by atoms with Gasteiger partial charge in [-0.25, -0.2) is 8.78 Å². The van der Waals surface area contributed by atoms with Gasteiger partial charge in [0, 0.05) is 9.26 Å². The van der Waals surface area contributed by atoms with E-state index in [1.165, 1.54) is 0 Å². The largest absolute Gasteiger partial charge is 0.466 e. The second-order valence-electron chi connectivity index (χ2n) is 3.40. The van der Waals surface area contributed by atoms with Gasteiger partial charge in [0.05, 0.1) is 13.0 Å². The van der Waals surface area contributed by atoms with Gasteiger partial charge in [-0.2, -0.15) is 0 Å². The number of halogens is 3. The van der Waals surface area contributed by atoms with Crippen molar-refractivity contribution in [3.05, 3.63) is 26.6 Å². The highest BCUT2D eigenvalue weighted by atomic mass is 127. The van der Waals surface area contributed by atoms with Crippen molar-refractivity contribution in [2.24, 2.45) is 0 Å². The molecule has 1 aromatic heterocycles. The maximum absolute atomic E-state index is 12.7. The molecular formula is C11H12F2INO2. The van der Waals surface area contributed by atoms with Crippen molar-refractivity contribution in [2.75, 3.05) is 6.61 Å². The fourth-order valence-corrected chi connectivity index (χ4v) is 2.09. The van der Waals surface area contributed by atoms with Gasteiger partial charge in [0.15, 0.2) is 0 Å². The average Bonchev–Trinajstić information content (AvgIpc) is 2.22. The van der Waals surface area contributed by atoms with E-state index in [1.54, 1.807) is 42.5 Å². The predicted molar refractivity (Wildman–Crippen MR) is 67.0 cm³/mol. The summed E-state index contributed by atoms with van der Waals surface area (Å²) in [5, 5.41) is 0. The van der Waals surface area contributed by atoms with Gasteiger partial charge in [-0.15, -0.1) is 0 Å². The number of carbonyl (C=O) groups is 1. The summed E-state index contributed by atoms with van der Waals surface area (Å²) in [5.74, 6) is -0.420. The van der Waals surface area contributed by atoms with Crippen LogP contribution < -0.4 is 0 Å². The molecule has 17 heavy (non-hydrogen) atoms. The van der Waals surface area contributed by atoms with Crippen LogP contribution in [0, 0.1) is 10.5 Å². The van der Waals surface area contributed by atoms with E-state index in [0.29, 0.717) is 14.8 Å². The molecule has 1 aromatic rings. The number of esters is 1. The van der Waals surface area contributed by atoms with Gasteiger partial charge < -0.3 is 4.74 Å². The first-order chi connectivity index (χ1) is 7.95. The predicted octanol–water partition coefficient (Wildman–Crippen LogP) is 3.04. The lowest BCUT2D eigenvalue weighted by Gasteiger charge is -2.10. The van der Waals surface area contributed by atoms with E-state index in [0.717, 1.165) is 0 Å². The normalized spacial score (nSPS) is 10.7. The first-order valence-corrected chi connectivity index (χ1v) is 6.13. The molecule has 0 aliphatic carbocycles. The van der Waals surface area contributed by atoms with E-state index >= 15 is 0 Å². The van der Waals surface area contributed by atoms with Crippen LogP contribution in [-0.4, -0.2) is 17.6 Å². The molecule has 0 aliphatic rings. The number of ether oxygens (including phenoxy) is 1. The smallest absolute Gasteiger partial charge is 0.310 e. The fourth-order valence-electron chi connectivity index (χ4n) is 1.39. The van der Waals surface area contributed by atoms with E-state index in [9.17, 15) is 13.6 Å². The SMILES string of the molecule is CCOC(=O)Cc1cc(C)nc(C(F)F)c1I. The Labute approximate surface area is 112 Å². The molecule has 1 rings (SSSR count). The molecule has 0 spiro atoms. The molecule has 3 nitrogen and oxygen atoms in total. The molecule has 0 saturated heterocycles. The second-order valence-corrected chi connectivity index (χ2v) is 4.48. The monoisotopic (exact) mass is 355 g/mol. The third-order valence-electron chi connectivity index (χ3n) is 2.03. The molecule has 0 amide bonds. The minimum Gasteiger partial charge on any atom is -0.466 e. The molecule has 6 heteroatoms. The molecule has 0 atom stereocenters. The Kier molecular flexibility index (Phi) is 5.23. The summed E-state index contributed by atoms with van der Waals surface area (Å²) in [4.78, 5) is 15.1. The molecule has 0 saturated carbocycles. The molecule has 0 unspecified atom stereocenters. The zero-order valence-corrected chi connectivity index (χ0v) is 11.6. The molecule has 1 heterocycles. The number of carbonyl (C=O) groups excluding carboxylic acids is 1. The molecule has 0 radical (unpaired) electrons. The molecule has 94 valence electrons. The molecule has 0 N–H and O–H groups in total. The number of aryl methyl sites for hydroxylation is 1. The fraction of sp³-hybridized carbons (Fsp3) is 0.455. The van der Waals surface area contributed by atoms with Crippen molar-refractivity contribution >= 4 is 28.6 Å². The number of nitrogens with zero attached hydrogens (tertiary/aromatic N) is 1. The molecular weight excluding hydrogens is 343 g/mol. The zero-order chi connectivity index (χ0) is 13.0. The van der Waals surface area contributed by atoms with Gasteiger partial charge >= 0.3 is 5.97 Å². The maximum Gasteiger partial charge on any atom is 0.310 e. The summed E-state index contributed by atoms with van der Waals surface area (Å²) in [6.07, 6.45) is -2.64. The molecule has 0 fully saturated rings. The van der Waals surface area contributed by atoms with Gasteiger partial charge in [-0.05, 0) is 48.1 Å². The Hall–Kier alpha value is -0.790. The van der Waals surface area contributed by atoms with Crippen LogP contribution in [0.2, 0.25) is 0 Å². The quantitative estimate of drug-likeness (QED) is 0.616. The Bertz CT molecular complexity index is 424. The molecule has 0 bridgehead atoms. The van der Waals surface area contributed by atoms with Crippen LogP contribution in [0.1, 0.15) is 30.3 Å². The van der Waals surface area contributed by atoms with Crippen molar-refractivity contribution in [2.45, 2.75) is 26.7 Å². The summed E-state index contributed by atoms with van der Waals surface area (Å²) in [6, 6.07) is 1.63. The van der Waals surface area contributed by atoms with Crippen molar-refractivity contribution < 1.29 is 18.3 Å².